The van der Waals surface area contributed by atoms with Crippen molar-refractivity contribution in [3.05, 3.63) is 60.7 Å². The van der Waals surface area contributed by atoms with Crippen LogP contribution in [0.5, 0.6) is 0 Å². The van der Waals surface area contributed by atoms with E-state index < -0.39 is 50.4 Å². The zero-order chi connectivity index (χ0) is 22.8. The molecule has 0 bridgehead atoms. The molecule has 7 nitrogen and oxygen atoms in total. The smallest absolute Gasteiger partial charge is 0.264 e. The molecule has 0 amide bonds. The van der Waals surface area contributed by atoms with E-state index in [0.717, 1.165) is 10.4 Å². The Morgan fingerprint density at radius 1 is 0.839 bits per heavy atom. The normalized spacial score (nSPS) is 28.3. The largest absolute Gasteiger partial charge is 0.387 e. The minimum Gasteiger partial charge on any atom is -0.387 e. The van der Waals surface area contributed by atoms with Crippen molar-refractivity contribution < 1.29 is 34.3 Å². The zero-order valence-electron chi connectivity index (χ0n) is 18.3. The highest BCUT2D eigenvalue weighted by Gasteiger charge is 2.54. The van der Waals surface area contributed by atoms with Gasteiger partial charge in [-0.25, -0.2) is 0 Å². The van der Waals surface area contributed by atoms with Crippen molar-refractivity contribution >= 4 is 18.7 Å². The summed E-state index contributed by atoms with van der Waals surface area (Å²) in [4.78, 5) is 0. The summed E-state index contributed by atoms with van der Waals surface area (Å²) >= 11 is 0. The molecule has 8 heteroatoms. The van der Waals surface area contributed by atoms with E-state index in [4.69, 9.17) is 13.9 Å². The maximum absolute atomic E-state index is 11.2. The van der Waals surface area contributed by atoms with Gasteiger partial charge >= 0.3 is 0 Å². The van der Waals surface area contributed by atoms with Gasteiger partial charge in [-0.15, -0.1) is 0 Å². The van der Waals surface area contributed by atoms with Gasteiger partial charge in [0, 0.05) is 7.11 Å². The molecule has 0 aromatic heterocycles. The monoisotopic (exact) mass is 448 g/mol. The summed E-state index contributed by atoms with van der Waals surface area (Å²) in [6.07, 6.45) is -8.67. The average molecular weight is 449 g/mol. The van der Waals surface area contributed by atoms with Gasteiger partial charge in [0.1, 0.15) is 24.4 Å². The Bertz CT molecular complexity index is 785. The molecule has 1 saturated heterocycles. The van der Waals surface area contributed by atoms with Crippen LogP contribution in [-0.4, -0.2) is 72.8 Å². The van der Waals surface area contributed by atoms with Crippen molar-refractivity contribution in [3.8, 4) is 0 Å². The average Bonchev–Trinajstić information content (AvgIpc) is 2.76. The highest BCUT2D eigenvalue weighted by molar-refractivity contribution is 6.99. The molecule has 6 atom stereocenters. The minimum absolute atomic E-state index is 0.408. The molecule has 0 saturated carbocycles. The van der Waals surface area contributed by atoms with Gasteiger partial charge < -0.3 is 34.3 Å². The minimum atomic E-state index is -3.12. The summed E-state index contributed by atoms with van der Waals surface area (Å²) in [5.41, 5.74) is 0. The molecule has 2 aromatic carbocycles. The molecule has 31 heavy (non-hydrogen) atoms. The summed E-state index contributed by atoms with van der Waals surface area (Å²) in [5, 5.41) is 43.5. The third kappa shape index (κ3) is 4.48. The molecule has 0 aliphatic carbocycles. The fraction of sp³-hybridized carbons (Fsp3) is 0.478. The lowest BCUT2D eigenvalue weighted by atomic mass is 9.98. The van der Waals surface area contributed by atoms with E-state index in [9.17, 15) is 20.4 Å². The molecule has 1 heterocycles. The van der Waals surface area contributed by atoms with Crippen molar-refractivity contribution in [1.82, 2.24) is 0 Å². The first-order valence-electron chi connectivity index (χ1n) is 10.3. The lowest BCUT2D eigenvalue weighted by Gasteiger charge is -2.47. The number of aliphatic hydroxyl groups excluding tert-OH is 4. The highest BCUT2D eigenvalue weighted by Crippen LogP contribution is 2.38. The molecule has 4 N–H and O–H groups in total. The van der Waals surface area contributed by atoms with Gasteiger partial charge in [-0.05, 0) is 15.4 Å². The van der Waals surface area contributed by atoms with E-state index in [-0.39, 0.29) is 0 Å². The Balaban J connectivity index is 2.07. The molecule has 1 aliphatic rings. The van der Waals surface area contributed by atoms with Gasteiger partial charge in [0.05, 0.1) is 0 Å². The SMILES string of the molecule is CO[C@H]1O[C@H](C(O)O[Si](c2ccccc2)(c2ccccc2)C(C)(C)C)[C@@H](O)[C@H](O)[C@H]1O. The number of ether oxygens (including phenoxy) is 2. The Morgan fingerprint density at radius 3 is 1.74 bits per heavy atom. The second-order valence-electron chi connectivity index (χ2n) is 8.85. The number of hydrogen-bond donors (Lipinski definition) is 4. The molecular formula is C23H32O7Si. The number of aliphatic hydroxyl groups is 4. The Labute approximate surface area is 184 Å². The van der Waals surface area contributed by atoms with Crippen LogP contribution in [0.4, 0.5) is 0 Å². The second-order valence-corrected chi connectivity index (χ2v) is 13.1. The van der Waals surface area contributed by atoms with E-state index in [1.165, 1.54) is 7.11 Å². The number of rotatable bonds is 6. The van der Waals surface area contributed by atoms with Crippen LogP contribution < -0.4 is 10.4 Å². The fourth-order valence-electron chi connectivity index (χ4n) is 4.24. The van der Waals surface area contributed by atoms with Crippen LogP contribution in [0.3, 0.4) is 0 Å². The summed E-state index contributed by atoms with van der Waals surface area (Å²) in [7, 11) is -1.81. The fourth-order valence-corrected chi connectivity index (χ4v) is 8.75. The van der Waals surface area contributed by atoms with E-state index in [1.54, 1.807) is 0 Å². The predicted molar refractivity (Wildman–Crippen MR) is 118 cm³/mol. The Hall–Kier alpha value is -1.62. The maximum atomic E-state index is 11.2. The second kappa shape index (κ2) is 9.48. The van der Waals surface area contributed by atoms with Crippen LogP contribution >= 0.6 is 0 Å². The standard InChI is InChI=1S/C23H32O7Si/c1-23(2,3)31(15-11-7-5-8-12-15,16-13-9-6-10-14-16)30-21(27)20-18(25)17(24)19(26)22(28-4)29-20/h5-14,17-22,24-27H,1-4H3/t17-,18-,19+,20-,21?,22-/m0/s1. The number of hydrogen-bond acceptors (Lipinski definition) is 7. The molecule has 0 spiro atoms. The van der Waals surface area contributed by atoms with Crippen LogP contribution in [-0.2, 0) is 13.9 Å². The summed E-state index contributed by atoms with van der Waals surface area (Å²) in [6.45, 7) is 6.17. The van der Waals surface area contributed by atoms with E-state index in [2.05, 4.69) is 20.8 Å². The van der Waals surface area contributed by atoms with Crippen molar-refractivity contribution in [3.63, 3.8) is 0 Å². The third-order valence-electron chi connectivity index (χ3n) is 5.83. The van der Waals surface area contributed by atoms with Crippen molar-refractivity contribution in [1.29, 1.82) is 0 Å². The first-order valence-corrected chi connectivity index (χ1v) is 12.2. The Kier molecular flexibility index (Phi) is 7.34. The molecule has 1 fully saturated rings. The number of methoxy groups -OCH3 is 1. The Morgan fingerprint density at radius 2 is 1.32 bits per heavy atom. The quantitative estimate of drug-likeness (QED) is 0.373. The van der Waals surface area contributed by atoms with Gasteiger partial charge in [0.25, 0.3) is 8.32 Å². The predicted octanol–water partition coefficient (Wildman–Crippen LogP) is 0.335. The van der Waals surface area contributed by atoms with Gasteiger partial charge in [0.2, 0.25) is 0 Å². The molecular weight excluding hydrogens is 416 g/mol. The summed E-state index contributed by atoms with van der Waals surface area (Å²) in [5.74, 6) is 0. The van der Waals surface area contributed by atoms with Gasteiger partial charge in [-0.1, -0.05) is 81.4 Å². The topological polar surface area (TPSA) is 109 Å². The zero-order valence-corrected chi connectivity index (χ0v) is 19.3. The van der Waals surface area contributed by atoms with Crippen molar-refractivity contribution in [2.24, 2.45) is 0 Å². The van der Waals surface area contributed by atoms with E-state index in [0.29, 0.717) is 0 Å². The van der Waals surface area contributed by atoms with Crippen molar-refractivity contribution in [2.45, 2.75) is 62.8 Å². The van der Waals surface area contributed by atoms with E-state index >= 15 is 0 Å². The van der Waals surface area contributed by atoms with Crippen LogP contribution in [0.25, 0.3) is 0 Å². The summed E-state index contributed by atoms with van der Waals surface area (Å²) in [6, 6.07) is 19.4. The molecule has 1 unspecified atom stereocenters. The van der Waals surface area contributed by atoms with Gasteiger partial charge in [-0.3, -0.25) is 0 Å². The van der Waals surface area contributed by atoms with Crippen LogP contribution in [0.15, 0.2) is 60.7 Å². The lowest BCUT2D eigenvalue weighted by Crippen LogP contribution is -2.70. The van der Waals surface area contributed by atoms with Crippen LogP contribution in [0.1, 0.15) is 20.8 Å². The van der Waals surface area contributed by atoms with E-state index in [1.807, 2.05) is 60.7 Å². The van der Waals surface area contributed by atoms with Crippen molar-refractivity contribution in [2.75, 3.05) is 7.11 Å². The third-order valence-corrected chi connectivity index (χ3v) is 10.8. The molecule has 1 aliphatic heterocycles. The van der Waals surface area contributed by atoms with Crippen LogP contribution in [0.2, 0.25) is 5.04 Å². The first-order chi connectivity index (χ1) is 14.6. The van der Waals surface area contributed by atoms with Gasteiger partial charge in [0.15, 0.2) is 12.6 Å². The molecule has 170 valence electrons. The number of benzene rings is 2. The van der Waals surface area contributed by atoms with Gasteiger partial charge in [-0.2, -0.15) is 0 Å². The maximum Gasteiger partial charge on any atom is 0.264 e. The summed E-state index contributed by atoms with van der Waals surface area (Å²) < 4.78 is 17.2. The molecule has 2 aromatic rings. The molecule has 0 radical (unpaired) electrons. The molecule has 3 rings (SSSR count). The first kappa shape index (κ1) is 24.0. The lowest BCUT2D eigenvalue weighted by molar-refractivity contribution is -0.320. The highest BCUT2D eigenvalue weighted by atomic mass is 28.4. The van der Waals surface area contributed by atoms with Crippen LogP contribution in [0, 0.1) is 0 Å².